The third-order valence-corrected chi connectivity index (χ3v) is 15.7. The van der Waals surface area contributed by atoms with Crippen LogP contribution in [0.15, 0.2) is 53.6 Å². The lowest BCUT2D eigenvalue weighted by atomic mass is 9.89. The lowest BCUT2D eigenvalue weighted by Gasteiger charge is -2.47. The number of nitrogens with zero attached hydrogens (tertiary/aromatic N) is 8. The second-order valence-corrected chi connectivity index (χ2v) is 20.2. The Hall–Kier alpha value is -5.29. The van der Waals surface area contributed by atoms with Gasteiger partial charge in [-0.25, -0.2) is 4.98 Å². The smallest absolute Gasteiger partial charge is 0.293 e. The molecule has 3 saturated heterocycles. The van der Waals surface area contributed by atoms with E-state index in [2.05, 4.69) is 36.8 Å². The highest BCUT2D eigenvalue weighted by atomic mass is 32.1. The first-order chi connectivity index (χ1) is 31.3. The van der Waals surface area contributed by atoms with Crippen LogP contribution < -0.4 is 31.3 Å². The SMILES string of the molecule is C[C@H]1CN(C2CCN(c3ccnc(C(C)(C)O)c3)CC2)CCN1c1ccc(Nc2nc(N3CCCC(N4CCc5c(sc6c5CCCC6)C4=O)C3CO)cn(C)c2=O)cc1C=CC(N)=O. The number of piperazine rings is 1. The first kappa shape index (κ1) is 44.9. The van der Waals surface area contributed by atoms with Crippen molar-refractivity contribution in [2.45, 2.75) is 108 Å². The van der Waals surface area contributed by atoms with E-state index in [1.807, 2.05) is 35.2 Å². The van der Waals surface area contributed by atoms with Crippen LogP contribution in [0, 0.1) is 0 Å². The number of carbonyl (C=O) groups is 2. The summed E-state index contributed by atoms with van der Waals surface area (Å²) >= 11 is 1.68. The van der Waals surface area contributed by atoms with Crippen molar-refractivity contribution < 1.29 is 19.8 Å². The van der Waals surface area contributed by atoms with Gasteiger partial charge in [-0.15, -0.1) is 11.3 Å². The number of hydrogen-bond donors (Lipinski definition) is 4. The number of aryl methyl sites for hydroxylation is 2. The summed E-state index contributed by atoms with van der Waals surface area (Å²) in [5.74, 6) is 0.215. The number of carbonyl (C=O) groups excluding carboxylic acids is 2. The van der Waals surface area contributed by atoms with Crippen molar-refractivity contribution in [2.24, 2.45) is 12.8 Å². The summed E-state index contributed by atoms with van der Waals surface area (Å²) in [5, 5.41) is 24.8. The van der Waals surface area contributed by atoms with Crippen molar-refractivity contribution in [1.29, 1.82) is 0 Å². The first-order valence-corrected chi connectivity index (χ1v) is 24.3. The maximum Gasteiger partial charge on any atom is 0.293 e. The van der Waals surface area contributed by atoms with Crippen LogP contribution in [0.5, 0.6) is 0 Å². The number of amides is 2. The summed E-state index contributed by atoms with van der Waals surface area (Å²) < 4.78 is 1.51. The van der Waals surface area contributed by atoms with Crippen LogP contribution in [-0.4, -0.2) is 123 Å². The zero-order chi connectivity index (χ0) is 45.6. The van der Waals surface area contributed by atoms with Crippen LogP contribution >= 0.6 is 11.3 Å². The molecule has 7 heterocycles. The minimum absolute atomic E-state index is 0.0778. The number of nitrogens with two attached hydrogens (primary N) is 1. The molecule has 0 radical (unpaired) electrons. The van der Waals surface area contributed by atoms with Crippen molar-refractivity contribution in [3.8, 4) is 0 Å². The van der Waals surface area contributed by atoms with Gasteiger partial charge < -0.3 is 45.4 Å². The van der Waals surface area contributed by atoms with Crippen LogP contribution in [0.4, 0.5) is 28.7 Å². The standard InChI is InChI=1S/C49H64N10O5S/c1-31-28-56(34-16-21-55(22-17-34)35-15-19-51-42(27-35)49(2,3)64)24-25-57(31)38-13-12-33(26-32(38)11-14-43(50)61)52-46-48(63)54(4)29-44(53-46)58-20-7-9-39(40(58)30-60)59-23-18-37-36-8-5-6-10-41(36)65-45(37)47(59)62/h11-15,19,26-27,29,31,34,39-40,60,64H,5-10,16-18,20-25,28,30H2,1-4H3,(H2,50,61)(H,52,53)/t31-,39?,40?/m0/s1. The highest BCUT2D eigenvalue weighted by Gasteiger charge is 2.42. The molecule has 5 N–H and O–H groups in total. The summed E-state index contributed by atoms with van der Waals surface area (Å²) in [7, 11) is 1.70. The van der Waals surface area contributed by atoms with Crippen LogP contribution in [0.1, 0.15) is 96.2 Å². The Bertz CT molecular complexity index is 2510. The Balaban J connectivity index is 0.893. The lowest BCUT2D eigenvalue weighted by Crippen LogP contribution is -2.60. The second-order valence-electron chi connectivity index (χ2n) is 19.1. The average Bonchev–Trinajstić information content (AvgIpc) is 3.69. The Morgan fingerprint density at radius 2 is 1.75 bits per heavy atom. The number of primary amides is 1. The summed E-state index contributed by atoms with van der Waals surface area (Å²) in [6, 6.07) is 9.99. The number of pyridine rings is 1. The number of benzene rings is 1. The van der Waals surface area contributed by atoms with E-state index in [1.54, 1.807) is 50.7 Å². The first-order valence-electron chi connectivity index (χ1n) is 23.5. The normalized spacial score (nSPS) is 22.4. The van der Waals surface area contributed by atoms with Gasteiger partial charge in [0.05, 0.1) is 29.3 Å². The number of fused-ring (bicyclic) bond motifs is 3. The third kappa shape index (κ3) is 9.14. The van der Waals surface area contributed by atoms with E-state index in [4.69, 9.17) is 10.7 Å². The van der Waals surface area contributed by atoms with Crippen LogP contribution in [0.2, 0.25) is 0 Å². The Morgan fingerprint density at radius 3 is 2.51 bits per heavy atom. The van der Waals surface area contributed by atoms with Gasteiger partial charge in [-0.2, -0.15) is 0 Å². The summed E-state index contributed by atoms with van der Waals surface area (Å²) in [6.45, 7) is 11.3. The van der Waals surface area contributed by atoms with E-state index in [0.717, 1.165) is 99.5 Å². The van der Waals surface area contributed by atoms with Gasteiger partial charge in [-0.3, -0.25) is 24.3 Å². The van der Waals surface area contributed by atoms with Gasteiger partial charge in [0, 0.05) is 111 Å². The zero-order valence-electron chi connectivity index (χ0n) is 38.2. The molecule has 65 heavy (non-hydrogen) atoms. The molecule has 3 atom stereocenters. The largest absolute Gasteiger partial charge is 0.394 e. The number of aliphatic hydroxyl groups is 2. The summed E-state index contributed by atoms with van der Waals surface area (Å²) in [4.78, 5) is 62.8. The molecule has 3 aromatic heterocycles. The predicted molar refractivity (Wildman–Crippen MR) is 257 cm³/mol. The molecule has 4 aromatic rings. The molecule has 0 saturated carbocycles. The highest BCUT2D eigenvalue weighted by molar-refractivity contribution is 7.14. The summed E-state index contributed by atoms with van der Waals surface area (Å²) in [5.41, 5.74) is 11.1. The molecule has 2 amide bonds. The molecular formula is C49H64N10O5S. The van der Waals surface area contributed by atoms with Crippen molar-refractivity contribution >= 4 is 57.9 Å². The lowest BCUT2D eigenvalue weighted by molar-refractivity contribution is -0.113. The monoisotopic (exact) mass is 904 g/mol. The number of piperidine rings is 2. The van der Waals surface area contributed by atoms with E-state index in [1.165, 1.54) is 39.5 Å². The minimum Gasteiger partial charge on any atom is -0.394 e. The summed E-state index contributed by atoms with van der Waals surface area (Å²) in [6.07, 6.45) is 15.6. The molecule has 15 nitrogen and oxygen atoms in total. The maximum absolute atomic E-state index is 14.1. The molecule has 5 aliphatic rings. The molecule has 1 aliphatic carbocycles. The minimum atomic E-state index is -0.991. The van der Waals surface area contributed by atoms with E-state index in [9.17, 15) is 24.6 Å². The predicted octanol–water partition coefficient (Wildman–Crippen LogP) is 4.79. The highest BCUT2D eigenvalue weighted by Crippen LogP contribution is 2.40. The van der Waals surface area contributed by atoms with Crippen LogP contribution in [0.3, 0.4) is 0 Å². The molecule has 0 spiro atoms. The maximum atomic E-state index is 14.1. The Labute approximate surface area is 385 Å². The molecule has 16 heteroatoms. The molecular weight excluding hydrogens is 841 g/mol. The van der Waals surface area contributed by atoms with Gasteiger partial charge in [0.25, 0.3) is 11.5 Å². The number of aliphatic hydroxyl groups excluding tert-OH is 1. The second kappa shape index (κ2) is 18.5. The molecule has 0 bridgehead atoms. The van der Waals surface area contributed by atoms with Gasteiger partial charge >= 0.3 is 0 Å². The van der Waals surface area contributed by atoms with Crippen LogP contribution in [0.25, 0.3) is 6.08 Å². The van der Waals surface area contributed by atoms with E-state index in [-0.39, 0.29) is 42.0 Å². The number of anilines is 5. The molecule has 346 valence electrons. The number of aromatic nitrogens is 3. The molecule has 3 fully saturated rings. The number of rotatable bonds is 11. The van der Waals surface area contributed by atoms with Gasteiger partial charge in [-0.05, 0) is 126 Å². The Kier molecular flexibility index (Phi) is 12.8. The fourth-order valence-corrected chi connectivity index (χ4v) is 12.4. The average molecular weight is 905 g/mol. The van der Waals surface area contributed by atoms with Gasteiger partial charge in [0.2, 0.25) is 5.91 Å². The van der Waals surface area contributed by atoms with Gasteiger partial charge in [0.15, 0.2) is 5.82 Å². The number of nitrogens with one attached hydrogen (secondary N) is 1. The third-order valence-electron chi connectivity index (χ3n) is 14.4. The fraction of sp³-hybridized carbons (Fsp3) is 0.531. The van der Waals surface area contributed by atoms with E-state index >= 15 is 0 Å². The number of thiophene rings is 1. The topological polar surface area (TPSA) is 177 Å². The fourth-order valence-electron chi connectivity index (χ4n) is 11.0. The quantitative estimate of drug-likeness (QED) is 0.152. The molecule has 4 aliphatic heterocycles. The van der Waals surface area contributed by atoms with E-state index in [0.29, 0.717) is 36.3 Å². The van der Waals surface area contributed by atoms with Crippen molar-refractivity contribution in [1.82, 2.24) is 24.3 Å². The van der Waals surface area contributed by atoms with E-state index < -0.39 is 11.5 Å². The van der Waals surface area contributed by atoms with Crippen molar-refractivity contribution in [3.63, 3.8) is 0 Å². The zero-order valence-corrected chi connectivity index (χ0v) is 39.0. The number of hydrogen-bond acceptors (Lipinski definition) is 13. The molecule has 2 unspecified atom stereocenters. The van der Waals surface area contributed by atoms with Gasteiger partial charge in [0.1, 0.15) is 11.4 Å². The van der Waals surface area contributed by atoms with Crippen molar-refractivity contribution in [3.05, 3.63) is 91.3 Å². The van der Waals surface area contributed by atoms with Crippen molar-refractivity contribution in [2.75, 3.05) is 72.4 Å². The molecule has 1 aromatic carbocycles. The Morgan fingerprint density at radius 1 is 0.954 bits per heavy atom. The molecule has 9 rings (SSSR count). The van der Waals surface area contributed by atoms with Crippen LogP contribution in [-0.2, 0) is 36.7 Å². The van der Waals surface area contributed by atoms with Gasteiger partial charge in [-0.1, -0.05) is 0 Å².